The second-order valence-corrected chi connectivity index (χ2v) is 9.65. The first-order valence-electron chi connectivity index (χ1n) is 10.1. The second kappa shape index (κ2) is 8.81. The second-order valence-electron chi connectivity index (χ2n) is 7.74. The first-order valence-corrected chi connectivity index (χ1v) is 11.6. The van der Waals surface area contributed by atoms with Crippen molar-refractivity contribution in [2.24, 2.45) is 5.92 Å². The third kappa shape index (κ3) is 4.65. The standard InChI is InChI=1S/C21H25N3O6S/c1-15-4-5-17(12-19(15)31(27,28)24-6-9-29-10-7-24)22-21(26)16-11-20(25)23(13-16)14-18-3-2-8-30-18/h2-5,8,12,16H,6-7,9-11,13-14H2,1H3,(H,22,26)/t16-/m1/s1. The van der Waals surface area contributed by atoms with E-state index in [4.69, 9.17) is 9.15 Å². The molecule has 0 unspecified atom stereocenters. The third-order valence-electron chi connectivity index (χ3n) is 5.56. The Bertz CT molecular complexity index is 1060. The SMILES string of the molecule is Cc1ccc(NC(=O)[C@@H]2CC(=O)N(Cc3ccco3)C2)cc1S(=O)(=O)N1CCOCC1. The average Bonchev–Trinajstić information content (AvgIpc) is 3.40. The van der Waals surface area contributed by atoms with Gasteiger partial charge in [0.05, 0.1) is 36.8 Å². The van der Waals surface area contributed by atoms with Gasteiger partial charge in [-0.05, 0) is 36.8 Å². The highest BCUT2D eigenvalue weighted by Crippen LogP contribution is 2.26. The Morgan fingerprint density at radius 3 is 2.71 bits per heavy atom. The minimum absolute atomic E-state index is 0.108. The number of aryl methyl sites for hydroxylation is 1. The quantitative estimate of drug-likeness (QED) is 0.720. The third-order valence-corrected chi connectivity index (χ3v) is 7.60. The molecule has 2 aromatic rings. The molecule has 1 N–H and O–H groups in total. The predicted molar refractivity (Wildman–Crippen MR) is 112 cm³/mol. The van der Waals surface area contributed by atoms with Crippen molar-refractivity contribution in [1.29, 1.82) is 0 Å². The van der Waals surface area contributed by atoms with E-state index in [1.807, 2.05) is 0 Å². The number of anilines is 1. The van der Waals surface area contributed by atoms with E-state index in [0.717, 1.165) is 0 Å². The average molecular weight is 448 g/mol. The molecule has 2 fully saturated rings. The summed E-state index contributed by atoms with van der Waals surface area (Å²) < 4.78 is 38.0. The lowest BCUT2D eigenvalue weighted by molar-refractivity contribution is -0.128. The zero-order chi connectivity index (χ0) is 22.0. The maximum Gasteiger partial charge on any atom is 0.243 e. The lowest BCUT2D eigenvalue weighted by Gasteiger charge is -2.27. The number of ether oxygens (including phenoxy) is 1. The van der Waals surface area contributed by atoms with E-state index in [1.54, 1.807) is 42.4 Å². The maximum atomic E-state index is 13.0. The zero-order valence-electron chi connectivity index (χ0n) is 17.2. The normalized spacial score (nSPS) is 20.2. The van der Waals surface area contributed by atoms with Crippen LogP contribution in [0.3, 0.4) is 0 Å². The van der Waals surface area contributed by atoms with Crippen LogP contribution in [0.15, 0.2) is 45.9 Å². The number of sulfonamides is 1. The van der Waals surface area contributed by atoms with Crippen LogP contribution in [-0.4, -0.2) is 62.3 Å². The van der Waals surface area contributed by atoms with Crippen LogP contribution in [0.5, 0.6) is 0 Å². The number of carbonyl (C=O) groups excluding carboxylic acids is 2. The minimum atomic E-state index is -3.69. The molecule has 2 amide bonds. The van der Waals surface area contributed by atoms with Crippen LogP contribution >= 0.6 is 0 Å². The van der Waals surface area contributed by atoms with E-state index in [0.29, 0.717) is 49.9 Å². The first-order chi connectivity index (χ1) is 14.8. The fraction of sp³-hybridized carbons (Fsp3) is 0.429. The molecule has 0 aliphatic carbocycles. The summed E-state index contributed by atoms with van der Waals surface area (Å²) in [6, 6.07) is 8.35. The van der Waals surface area contributed by atoms with Gasteiger partial charge in [-0.3, -0.25) is 9.59 Å². The number of furan rings is 1. The molecule has 2 saturated heterocycles. The van der Waals surface area contributed by atoms with Crippen molar-refractivity contribution in [3.63, 3.8) is 0 Å². The molecule has 0 spiro atoms. The van der Waals surface area contributed by atoms with Gasteiger partial charge in [-0.1, -0.05) is 6.07 Å². The van der Waals surface area contributed by atoms with Gasteiger partial charge >= 0.3 is 0 Å². The van der Waals surface area contributed by atoms with Gasteiger partial charge in [0.15, 0.2) is 0 Å². The lowest BCUT2D eigenvalue weighted by atomic mass is 10.1. The zero-order valence-corrected chi connectivity index (χ0v) is 18.1. The van der Waals surface area contributed by atoms with E-state index in [-0.39, 0.29) is 29.7 Å². The van der Waals surface area contributed by atoms with Crippen LogP contribution in [0.25, 0.3) is 0 Å². The molecule has 4 rings (SSSR count). The van der Waals surface area contributed by atoms with Gasteiger partial charge in [0, 0.05) is 31.7 Å². The van der Waals surface area contributed by atoms with Crippen molar-refractivity contribution in [3.8, 4) is 0 Å². The molecule has 9 nitrogen and oxygen atoms in total. The molecule has 3 heterocycles. The minimum Gasteiger partial charge on any atom is -0.467 e. The monoisotopic (exact) mass is 447 g/mol. The topological polar surface area (TPSA) is 109 Å². The summed E-state index contributed by atoms with van der Waals surface area (Å²) in [6.45, 7) is 3.65. The highest BCUT2D eigenvalue weighted by molar-refractivity contribution is 7.89. The molecule has 31 heavy (non-hydrogen) atoms. The number of hydrogen-bond acceptors (Lipinski definition) is 6. The van der Waals surface area contributed by atoms with Gasteiger partial charge in [0.2, 0.25) is 21.8 Å². The Morgan fingerprint density at radius 2 is 2.00 bits per heavy atom. The van der Waals surface area contributed by atoms with E-state index >= 15 is 0 Å². The molecule has 1 aromatic carbocycles. The molecule has 2 aliphatic heterocycles. The summed E-state index contributed by atoms with van der Waals surface area (Å²) in [5.41, 5.74) is 0.990. The number of hydrogen-bond donors (Lipinski definition) is 1. The Labute approximate surface area is 181 Å². The van der Waals surface area contributed by atoms with Crippen molar-refractivity contribution in [1.82, 2.24) is 9.21 Å². The number of benzene rings is 1. The number of likely N-dealkylation sites (tertiary alicyclic amines) is 1. The highest BCUT2D eigenvalue weighted by atomic mass is 32.2. The number of nitrogens with one attached hydrogen (secondary N) is 1. The van der Waals surface area contributed by atoms with Crippen LogP contribution in [0, 0.1) is 12.8 Å². The van der Waals surface area contributed by atoms with Gasteiger partial charge in [-0.2, -0.15) is 4.31 Å². The molecule has 2 aliphatic rings. The molecule has 0 saturated carbocycles. The summed E-state index contributed by atoms with van der Waals surface area (Å²) in [4.78, 5) is 26.8. The molecule has 0 bridgehead atoms. The first kappa shape index (κ1) is 21.5. The summed E-state index contributed by atoms with van der Waals surface area (Å²) in [5.74, 6) is -0.279. The number of carbonyl (C=O) groups is 2. The van der Waals surface area contributed by atoms with E-state index in [9.17, 15) is 18.0 Å². The lowest BCUT2D eigenvalue weighted by Crippen LogP contribution is -2.40. The Morgan fingerprint density at radius 1 is 1.23 bits per heavy atom. The van der Waals surface area contributed by atoms with Gasteiger partial charge in [0.25, 0.3) is 0 Å². The Kier molecular flexibility index (Phi) is 6.12. The summed E-state index contributed by atoms with van der Waals surface area (Å²) in [6.07, 6.45) is 1.65. The van der Waals surface area contributed by atoms with E-state index in [1.165, 1.54) is 10.4 Å². The molecule has 0 radical (unpaired) electrons. The van der Waals surface area contributed by atoms with Crippen LogP contribution in [0.4, 0.5) is 5.69 Å². The Balaban J connectivity index is 1.45. The highest BCUT2D eigenvalue weighted by Gasteiger charge is 2.35. The predicted octanol–water partition coefficient (Wildman–Crippen LogP) is 1.60. The fourth-order valence-electron chi connectivity index (χ4n) is 3.82. The van der Waals surface area contributed by atoms with Crippen LogP contribution < -0.4 is 5.32 Å². The van der Waals surface area contributed by atoms with Gasteiger partial charge < -0.3 is 19.4 Å². The molecule has 1 atom stereocenters. The largest absolute Gasteiger partial charge is 0.467 e. The summed E-state index contributed by atoms with van der Waals surface area (Å²) in [7, 11) is -3.69. The fourth-order valence-corrected chi connectivity index (χ4v) is 5.48. The van der Waals surface area contributed by atoms with Crippen molar-refractivity contribution >= 4 is 27.5 Å². The van der Waals surface area contributed by atoms with Crippen LogP contribution in [0.1, 0.15) is 17.7 Å². The summed E-state index contributed by atoms with van der Waals surface area (Å²) in [5, 5.41) is 2.78. The molecule has 1 aromatic heterocycles. The van der Waals surface area contributed by atoms with Gasteiger partial charge in [-0.15, -0.1) is 0 Å². The van der Waals surface area contributed by atoms with Gasteiger partial charge in [0.1, 0.15) is 5.76 Å². The van der Waals surface area contributed by atoms with Crippen LogP contribution in [-0.2, 0) is 30.9 Å². The van der Waals surface area contributed by atoms with Crippen molar-refractivity contribution in [2.75, 3.05) is 38.2 Å². The Hall–Kier alpha value is -2.69. The number of amides is 2. The molecule has 166 valence electrons. The molecular formula is C21H25N3O6S. The summed E-state index contributed by atoms with van der Waals surface area (Å²) >= 11 is 0. The number of nitrogens with zero attached hydrogens (tertiary/aromatic N) is 2. The van der Waals surface area contributed by atoms with Crippen molar-refractivity contribution in [3.05, 3.63) is 47.9 Å². The maximum absolute atomic E-state index is 13.0. The van der Waals surface area contributed by atoms with E-state index < -0.39 is 15.9 Å². The molecule has 10 heteroatoms. The van der Waals surface area contributed by atoms with Gasteiger partial charge in [-0.25, -0.2) is 8.42 Å². The van der Waals surface area contributed by atoms with E-state index in [2.05, 4.69) is 5.32 Å². The van der Waals surface area contributed by atoms with Crippen LogP contribution in [0.2, 0.25) is 0 Å². The smallest absolute Gasteiger partial charge is 0.243 e. The van der Waals surface area contributed by atoms with Crippen molar-refractivity contribution in [2.45, 2.75) is 24.8 Å². The number of morpholine rings is 1. The molecular weight excluding hydrogens is 422 g/mol. The number of rotatable bonds is 6. The van der Waals surface area contributed by atoms with Crippen molar-refractivity contribution < 1.29 is 27.2 Å².